The van der Waals surface area contributed by atoms with E-state index in [-0.39, 0.29) is 11.7 Å². The van der Waals surface area contributed by atoms with Crippen molar-refractivity contribution in [3.8, 4) is 5.75 Å². The molecule has 1 aliphatic carbocycles. The average molecular weight is 334 g/mol. The summed E-state index contributed by atoms with van der Waals surface area (Å²) in [7, 11) is 0. The van der Waals surface area contributed by atoms with Gasteiger partial charge in [-0.25, -0.2) is 5.43 Å². The highest BCUT2D eigenvalue weighted by Gasteiger charge is 2.21. The second-order valence-electron chi connectivity index (χ2n) is 6.16. The van der Waals surface area contributed by atoms with Crippen molar-refractivity contribution in [1.29, 1.82) is 0 Å². The Balaban J connectivity index is 1.56. The molecule has 0 saturated heterocycles. The van der Waals surface area contributed by atoms with Crippen LogP contribution in [0.3, 0.4) is 0 Å². The number of aromatic hydroxyl groups is 1. The monoisotopic (exact) mass is 334 g/mol. The standard InChI is InChI=1S/C19H18N4O2/c24-17-10-9-12-5-1-2-6-13(12)15(17)11-20-23-19(25)18-14-7-3-4-8-16(14)21-22-18/h1-2,5-6,9-11,24H,3-4,7-8H2,(H,21,22)(H,23,25). The molecule has 6 heteroatoms. The molecule has 0 fully saturated rings. The van der Waals surface area contributed by atoms with Crippen molar-refractivity contribution in [3.05, 3.63) is 58.9 Å². The Kier molecular flexibility index (Phi) is 3.93. The van der Waals surface area contributed by atoms with Crippen molar-refractivity contribution in [2.75, 3.05) is 0 Å². The SMILES string of the molecule is O=C(NN=Cc1c(O)ccc2ccccc12)c1n[nH]c2c1CCCC2. The summed E-state index contributed by atoms with van der Waals surface area (Å²) in [6.45, 7) is 0. The molecule has 0 bridgehead atoms. The molecule has 0 aliphatic heterocycles. The zero-order chi connectivity index (χ0) is 17.2. The van der Waals surface area contributed by atoms with Crippen LogP contribution in [0, 0.1) is 0 Å². The van der Waals surface area contributed by atoms with Crippen LogP contribution in [0.2, 0.25) is 0 Å². The number of hydrogen-bond donors (Lipinski definition) is 3. The van der Waals surface area contributed by atoms with Gasteiger partial charge in [-0.2, -0.15) is 10.2 Å². The summed E-state index contributed by atoms with van der Waals surface area (Å²) in [5.74, 6) is -0.218. The Bertz CT molecular complexity index is 975. The highest BCUT2D eigenvalue weighted by molar-refractivity contribution is 6.03. The van der Waals surface area contributed by atoms with E-state index >= 15 is 0 Å². The second kappa shape index (κ2) is 6.39. The minimum atomic E-state index is -0.338. The number of nitrogens with zero attached hydrogens (tertiary/aromatic N) is 2. The number of carbonyl (C=O) groups excluding carboxylic acids is 1. The number of aromatic amines is 1. The summed E-state index contributed by atoms with van der Waals surface area (Å²) in [5, 5.41) is 23.1. The maximum absolute atomic E-state index is 12.3. The predicted octanol–water partition coefficient (Wildman–Crippen LogP) is 2.91. The summed E-state index contributed by atoms with van der Waals surface area (Å²) in [6, 6.07) is 11.2. The minimum Gasteiger partial charge on any atom is -0.507 e. The van der Waals surface area contributed by atoms with Gasteiger partial charge in [-0.1, -0.05) is 30.3 Å². The quantitative estimate of drug-likeness (QED) is 0.508. The van der Waals surface area contributed by atoms with E-state index in [9.17, 15) is 9.90 Å². The van der Waals surface area contributed by atoms with Gasteiger partial charge in [0.1, 0.15) is 5.75 Å². The molecular formula is C19H18N4O2. The van der Waals surface area contributed by atoms with Crippen LogP contribution in [-0.2, 0) is 12.8 Å². The van der Waals surface area contributed by atoms with E-state index in [1.54, 1.807) is 6.07 Å². The van der Waals surface area contributed by atoms with Gasteiger partial charge in [-0.05, 0) is 42.5 Å². The van der Waals surface area contributed by atoms with Crippen molar-refractivity contribution in [1.82, 2.24) is 15.6 Å². The number of rotatable bonds is 3. The molecule has 2 aromatic carbocycles. The number of aryl methyl sites for hydroxylation is 1. The maximum atomic E-state index is 12.3. The Morgan fingerprint density at radius 1 is 1.20 bits per heavy atom. The van der Waals surface area contributed by atoms with E-state index in [4.69, 9.17) is 0 Å². The third kappa shape index (κ3) is 2.87. The molecule has 0 unspecified atom stereocenters. The topological polar surface area (TPSA) is 90.4 Å². The van der Waals surface area contributed by atoms with Gasteiger partial charge in [0.2, 0.25) is 0 Å². The van der Waals surface area contributed by atoms with Crippen molar-refractivity contribution < 1.29 is 9.90 Å². The molecule has 3 N–H and O–H groups in total. The molecule has 3 aromatic rings. The predicted molar refractivity (Wildman–Crippen MR) is 95.9 cm³/mol. The first-order valence-electron chi connectivity index (χ1n) is 8.34. The second-order valence-corrected chi connectivity index (χ2v) is 6.16. The third-order valence-electron chi connectivity index (χ3n) is 4.58. The number of benzene rings is 2. The fourth-order valence-corrected chi connectivity index (χ4v) is 3.30. The Labute approximate surface area is 144 Å². The molecule has 4 rings (SSSR count). The normalized spacial score (nSPS) is 13.9. The zero-order valence-electron chi connectivity index (χ0n) is 13.6. The molecule has 0 spiro atoms. The Morgan fingerprint density at radius 2 is 2.04 bits per heavy atom. The lowest BCUT2D eigenvalue weighted by molar-refractivity contribution is 0.0949. The first-order valence-corrected chi connectivity index (χ1v) is 8.34. The van der Waals surface area contributed by atoms with E-state index in [1.807, 2.05) is 30.3 Å². The molecule has 1 heterocycles. The summed E-state index contributed by atoms with van der Waals surface area (Å²) in [5.41, 5.74) is 5.54. The van der Waals surface area contributed by atoms with Crippen LogP contribution < -0.4 is 5.43 Å². The molecular weight excluding hydrogens is 316 g/mol. The van der Waals surface area contributed by atoms with Gasteiger partial charge in [0.15, 0.2) is 5.69 Å². The van der Waals surface area contributed by atoms with Crippen molar-refractivity contribution in [2.45, 2.75) is 25.7 Å². The first-order chi connectivity index (χ1) is 12.2. The smallest absolute Gasteiger partial charge is 0.292 e. The Morgan fingerprint density at radius 3 is 2.96 bits per heavy atom. The van der Waals surface area contributed by atoms with Crippen molar-refractivity contribution >= 4 is 22.9 Å². The molecule has 0 saturated carbocycles. The van der Waals surface area contributed by atoms with Crippen LogP contribution >= 0.6 is 0 Å². The van der Waals surface area contributed by atoms with Gasteiger partial charge in [0.25, 0.3) is 5.91 Å². The van der Waals surface area contributed by atoms with Crippen LogP contribution in [0.25, 0.3) is 10.8 Å². The number of fused-ring (bicyclic) bond motifs is 2. The largest absolute Gasteiger partial charge is 0.507 e. The van der Waals surface area contributed by atoms with Crippen molar-refractivity contribution in [2.24, 2.45) is 5.10 Å². The van der Waals surface area contributed by atoms with Gasteiger partial charge >= 0.3 is 0 Å². The highest BCUT2D eigenvalue weighted by atomic mass is 16.3. The number of hydrogen-bond acceptors (Lipinski definition) is 4. The molecule has 0 atom stereocenters. The number of phenols is 1. The van der Waals surface area contributed by atoms with Crippen LogP contribution in [-0.4, -0.2) is 27.4 Å². The average Bonchev–Trinajstić information content (AvgIpc) is 3.07. The van der Waals surface area contributed by atoms with Gasteiger partial charge in [-0.3, -0.25) is 9.89 Å². The van der Waals surface area contributed by atoms with E-state index in [0.29, 0.717) is 11.3 Å². The van der Waals surface area contributed by atoms with E-state index in [0.717, 1.165) is 47.7 Å². The summed E-state index contributed by atoms with van der Waals surface area (Å²) >= 11 is 0. The van der Waals surface area contributed by atoms with Gasteiger partial charge in [0.05, 0.1) is 6.21 Å². The van der Waals surface area contributed by atoms with Crippen LogP contribution in [0.15, 0.2) is 41.5 Å². The van der Waals surface area contributed by atoms with Crippen molar-refractivity contribution in [3.63, 3.8) is 0 Å². The fraction of sp³-hybridized carbons (Fsp3) is 0.211. The fourth-order valence-electron chi connectivity index (χ4n) is 3.30. The number of phenolic OH excluding ortho intramolecular Hbond substituents is 1. The van der Waals surface area contributed by atoms with Gasteiger partial charge < -0.3 is 5.11 Å². The number of amides is 1. The molecule has 1 aromatic heterocycles. The first kappa shape index (κ1) is 15.4. The maximum Gasteiger partial charge on any atom is 0.292 e. The van der Waals surface area contributed by atoms with Crippen LogP contribution in [0.5, 0.6) is 5.75 Å². The Hall–Kier alpha value is -3.15. The number of hydrazone groups is 1. The third-order valence-corrected chi connectivity index (χ3v) is 4.58. The molecule has 0 radical (unpaired) electrons. The highest BCUT2D eigenvalue weighted by Crippen LogP contribution is 2.25. The number of H-pyrrole nitrogens is 1. The molecule has 1 amide bonds. The summed E-state index contributed by atoms with van der Waals surface area (Å²) < 4.78 is 0. The lowest BCUT2D eigenvalue weighted by atomic mass is 9.96. The summed E-state index contributed by atoms with van der Waals surface area (Å²) in [4.78, 5) is 12.3. The lowest BCUT2D eigenvalue weighted by Gasteiger charge is -2.10. The van der Waals surface area contributed by atoms with Gasteiger partial charge in [0, 0.05) is 16.8 Å². The molecule has 25 heavy (non-hydrogen) atoms. The number of aromatic nitrogens is 2. The van der Waals surface area contributed by atoms with Crippen LogP contribution in [0.1, 0.15) is 40.2 Å². The van der Waals surface area contributed by atoms with Gasteiger partial charge in [-0.15, -0.1) is 0 Å². The van der Waals surface area contributed by atoms with E-state index in [2.05, 4.69) is 20.7 Å². The minimum absolute atomic E-state index is 0.119. The number of carbonyl (C=O) groups is 1. The molecule has 126 valence electrons. The van der Waals surface area contributed by atoms with E-state index < -0.39 is 0 Å². The lowest BCUT2D eigenvalue weighted by Crippen LogP contribution is -2.20. The van der Waals surface area contributed by atoms with Crippen LogP contribution in [0.4, 0.5) is 0 Å². The molecule has 6 nitrogen and oxygen atoms in total. The molecule has 1 aliphatic rings. The van der Waals surface area contributed by atoms with E-state index in [1.165, 1.54) is 6.21 Å². The summed E-state index contributed by atoms with van der Waals surface area (Å²) in [6.07, 6.45) is 5.45. The number of nitrogens with one attached hydrogen (secondary N) is 2. The zero-order valence-corrected chi connectivity index (χ0v) is 13.6.